The Morgan fingerprint density at radius 1 is 1.32 bits per heavy atom. The van der Waals surface area contributed by atoms with E-state index in [2.05, 4.69) is 25.0 Å². The van der Waals surface area contributed by atoms with Crippen molar-refractivity contribution in [3.63, 3.8) is 0 Å². The molecule has 2 aromatic heterocycles. The van der Waals surface area contributed by atoms with E-state index in [0.29, 0.717) is 11.8 Å². The molecule has 3 heterocycles. The van der Waals surface area contributed by atoms with E-state index in [-0.39, 0.29) is 0 Å². The zero-order chi connectivity index (χ0) is 15.5. The van der Waals surface area contributed by atoms with Crippen molar-refractivity contribution in [2.75, 3.05) is 25.1 Å². The summed E-state index contributed by atoms with van der Waals surface area (Å²) in [4.78, 5) is 15.4. The molecule has 22 heavy (non-hydrogen) atoms. The third kappa shape index (κ3) is 3.18. The molecule has 1 saturated heterocycles. The molecule has 7 nitrogen and oxygen atoms in total. The summed E-state index contributed by atoms with van der Waals surface area (Å²) in [6.07, 6.45) is 4.08. The van der Waals surface area contributed by atoms with Gasteiger partial charge >= 0.3 is 0 Å². The summed E-state index contributed by atoms with van der Waals surface area (Å²) in [5.74, 6) is 3.70. The van der Waals surface area contributed by atoms with Gasteiger partial charge in [-0.25, -0.2) is 14.6 Å². The number of nitrogens with zero attached hydrogens (tertiary/aromatic N) is 6. The van der Waals surface area contributed by atoms with E-state index >= 15 is 0 Å². The van der Waals surface area contributed by atoms with Crippen molar-refractivity contribution >= 4 is 5.95 Å². The lowest BCUT2D eigenvalue weighted by Crippen LogP contribution is -2.38. The number of anilines is 1. The molecule has 0 aromatic carbocycles. The van der Waals surface area contributed by atoms with Gasteiger partial charge in [-0.1, -0.05) is 0 Å². The van der Waals surface area contributed by atoms with Gasteiger partial charge < -0.3 is 9.64 Å². The van der Waals surface area contributed by atoms with Crippen LogP contribution in [-0.4, -0.2) is 44.9 Å². The van der Waals surface area contributed by atoms with Gasteiger partial charge in [-0.3, -0.25) is 0 Å². The highest BCUT2D eigenvalue weighted by Gasteiger charge is 2.23. The van der Waals surface area contributed by atoms with Crippen molar-refractivity contribution in [1.82, 2.24) is 24.7 Å². The van der Waals surface area contributed by atoms with Crippen LogP contribution in [0.3, 0.4) is 0 Å². The summed E-state index contributed by atoms with van der Waals surface area (Å²) in [7, 11) is 1.63. The van der Waals surface area contributed by atoms with Crippen LogP contribution in [0.5, 0.6) is 5.88 Å². The smallest absolute Gasteiger partial charge is 0.228 e. The van der Waals surface area contributed by atoms with E-state index in [1.54, 1.807) is 19.4 Å². The number of ether oxygens (including phenoxy) is 1. The van der Waals surface area contributed by atoms with Gasteiger partial charge in [0.2, 0.25) is 11.8 Å². The van der Waals surface area contributed by atoms with Crippen molar-refractivity contribution in [1.29, 1.82) is 0 Å². The minimum Gasteiger partial charge on any atom is -0.481 e. The highest BCUT2D eigenvalue weighted by atomic mass is 16.5. The summed E-state index contributed by atoms with van der Waals surface area (Å²) < 4.78 is 7.20. The zero-order valence-electron chi connectivity index (χ0n) is 13.4. The summed E-state index contributed by atoms with van der Waals surface area (Å²) in [5, 5.41) is 4.47. The topological polar surface area (TPSA) is 69.0 Å². The van der Waals surface area contributed by atoms with Gasteiger partial charge in [0.1, 0.15) is 11.6 Å². The molecule has 1 aliphatic rings. The molecule has 0 radical (unpaired) electrons. The van der Waals surface area contributed by atoms with Crippen molar-refractivity contribution in [3.05, 3.63) is 23.9 Å². The standard InChI is InChI=1S/C15H22N6O/c1-11-17-12(2)21(19-11)10-13-5-4-8-20(9-13)15-16-7-6-14(18-15)22-3/h6-7,13H,4-5,8-10H2,1-3H3/t13-/m0/s1. The molecular weight excluding hydrogens is 280 g/mol. The van der Waals surface area contributed by atoms with Gasteiger partial charge in [-0.15, -0.1) is 0 Å². The second kappa shape index (κ2) is 6.29. The average Bonchev–Trinajstić information content (AvgIpc) is 2.85. The van der Waals surface area contributed by atoms with E-state index in [9.17, 15) is 0 Å². The molecule has 7 heteroatoms. The molecule has 0 saturated carbocycles. The lowest BCUT2D eigenvalue weighted by Gasteiger charge is -2.32. The van der Waals surface area contributed by atoms with Crippen molar-refractivity contribution in [2.24, 2.45) is 5.92 Å². The molecule has 0 N–H and O–H groups in total. The van der Waals surface area contributed by atoms with E-state index in [4.69, 9.17) is 4.74 Å². The van der Waals surface area contributed by atoms with E-state index in [0.717, 1.165) is 43.7 Å². The monoisotopic (exact) mass is 302 g/mol. The molecule has 0 aliphatic carbocycles. The Kier molecular flexibility index (Phi) is 4.22. The van der Waals surface area contributed by atoms with Crippen LogP contribution >= 0.6 is 0 Å². The fourth-order valence-corrected chi connectivity index (χ4v) is 2.97. The molecule has 2 aromatic rings. The molecule has 0 unspecified atom stereocenters. The second-order valence-electron chi connectivity index (χ2n) is 5.74. The maximum Gasteiger partial charge on any atom is 0.228 e. The fraction of sp³-hybridized carbons (Fsp3) is 0.600. The third-order valence-electron chi connectivity index (χ3n) is 4.02. The van der Waals surface area contributed by atoms with E-state index in [1.807, 2.05) is 18.5 Å². The fourth-order valence-electron chi connectivity index (χ4n) is 2.97. The van der Waals surface area contributed by atoms with Gasteiger partial charge in [0.15, 0.2) is 0 Å². The first-order chi connectivity index (χ1) is 10.7. The predicted octanol–water partition coefficient (Wildman–Crippen LogP) is 1.61. The first-order valence-corrected chi connectivity index (χ1v) is 7.65. The van der Waals surface area contributed by atoms with E-state index < -0.39 is 0 Å². The number of hydrogen-bond donors (Lipinski definition) is 0. The average molecular weight is 302 g/mol. The number of methoxy groups -OCH3 is 1. The second-order valence-corrected chi connectivity index (χ2v) is 5.74. The highest BCUT2D eigenvalue weighted by molar-refractivity contribution is 5.32. The number of hydrogen-bond acceptors (Lipinski definition) is 6. The van der Waals surface area contributed by atoms with Crippen LogP contribution in [0.2, 0.25) is 0 Å². The highest BCUT2D eigenvalue weighted by Crippen LogP contribution is 2.22. The van der Waals surface area contributed by atoms with Gasteiger partial charge in [0.05, 0.1) is 7.11 Å². The Morgan fingerprint density at radius 2 is 2.18 bits per heavy atom. The molecule has 0 bridgehead atoms. The van der Waals surface area contributed by atoms with Crippen LogP contribution < -0.4 is 9.64 Å². The maximum atomic E-state index is 5.19. The van der Waals surface area contributed by atoms with Crippen LogP contribution in [0, 0.1) is 19.8 Å². The Balaban J connectivity index is 1.69. The molecule has 1 atom stereocenters. The summed E-state index contributed by atoms with van der Waals surface area (Å²) in [5.41, 5.74) is 0. The van der Waals surface area contributed by atoms with Crippen molar-refractivity contribution < 1.29 is 4.74 Å². The van der Waals surface area contributed by atoms with Crippen LogP contribution in [0.1, 0.15) is 24.5 Å². The molecule has 1 aliphatic heterocycles. The Hall–Kier alpha value is -2.18. The van der Waals surface area contributed by atoms with Gasteiger partial charge in [-0.2, -0.15) is 10.1 Å². The number of rotatable bonds is 4. The summed E-state index contributed by atoms with van der Waals surface area (Å²) >= 11 is 0. The zero-order valence-corrected chi connectivity index (χ0v) is 13.4. The Morgan fingerprint density at radius 3 is 2.91 bits per heavy atom. The third-order valence-corrected chi connectivity index (χ3v) is 4.02. The van der Waals surface area contributed by atoms with Crippen LogP contribution in [-0.2, 0) is 6.54 Å². The minimum atomic E-state index is 0.531. The van der Waals surface area contributed by atoms with E-state index in [1.165, 1.54) is 6.42 Å². The molecule has 118 valence electrons. The lowest BCUT2D eigenvalue weighted by atomic mass is 9.98. The Labute approximate surface area is 130 Å². The van der Waals surface area contributed by atoms with Gasteiger partial charge in [0.25, 0.3) is 0 Å². The van der Waals surface area contributed by atoms with Gasteiger partial charge in [-0.05, 0) is 32.6 Å². The Bertz CT molecular complexity index is 641. The van der Waals surface area contributed by atoms with Gasteiger partial charge in [0, 0.05) is 31.9 Å². The summed E-state index contributed by atoms with van der Waals surface area (Å²) in [6, 6.07) is 1.77. The molecule has 0 spiro atoms. The first-order valence-electron chi connectivity index (χ1n) is 7.65. The number of aryl methyl sites for hydroxylation is 2. The minimum absolute atomic E-state index is 0.531. The molecule has 0 amide bonds. The predicted molar refractivity (Wildman–Crippen MR) is 83.0 cm³/mol. The maximum absolute atomic E-state index is 5.19. The van der Waals surface area contributed by atoms with Crippen molar-refractivity contribution in [3.8, 4) is 5.88 Å². The quantitative estimate of drug-likeness (QED) is 0.854. The van der Waals surface area contributed by atoms with Crippen LogP contribution in [0.25, 0.3) is 0 Å². The molecule has 1 fully saturated rings. The number of piperidine rings is 1. The van der Waals surface area contributed by atoms with Crippen molar-refractivity contribution in [2.45, 2.75) is 33.2 Å². The molecular formula is C15H22N6O. The SMILES string of the molecule is COc1ccnc(N2CCC[C@H](Cn3nc(C)nc3C)C2)n1. The largest absolute Gasteiger partial charge is 0.481 e. The van der Waals surface area contributed by atoms with Crippen LogP contribution in [0.4, 0.5) is 5.95 Å². The lowest BCUT2D eigenvalue weighted by molar-refractivity contribution is 0.343. The number of aromatic nitrogens is 5. The first kappa shape index (κ1) is 14.7. The summed E-state index contributed by atoms with van der Waals surface area (Å²) in [6.45, 7) is 6.75. The molecule has 3 rings (SSSR count). The normalized spacial score (nSPS) is 18.5. The van der Waals surface area contributed by atoms with Crippen LogP contribution in [0.15, 0.2) is 12.3 Å².